The van der Waals surface area contributed by atoms with Gasteiger partial charge in [0, 0.05) is 6.54 Å². The summed E-state index contributed by atoms with van der Waals surface area (Å²) in [6.07, 6.45) is -2.96. The van der Waals surface area contributed by atoms with Crippen LogP contribution < -0.4 is 5.32 Å². The van der Waals surface area contributed by atoms with Crippen molar-refractivity contribution in [3.05, 3.63) is 35.9 Å². The summed E-state index contributed by atoms with van der Waals surface area (Å²) in [5.74, 6) is 0. The molecule has 0 radical (unpaired) electrons. The number of benzene rings is 1. The summed E-state index contributed by atoms with van der Waals surface area (Å²) in [4.78, 5) is 0. The van der Waals surface area contributed by atoms with Gasteiger partial charge in [-0.05, 0) is 41.8 Å². The van der Waals surface area contributed by atoms with E-state index >= 15 is 0 Å². The zero-order valence-corrected chi connectivity index (χ0v) is 32.4. The first-order chi connectivity index (χ1) is 20.8. The third-order valence-electron chi connectivity index (χ3n) is 9.69. The second-order valence-electron chi connectivity index (χ2n) is 15.1. The fourth-order valence-electron chi connectivity index (χ4n) is 4.33. The molecule has 0 spiro atoms. The maximum atomic E-state index is 10.4. The van der Waals surface area contributed by atoms with Gasteiger partial charge in [0.05, 0.1) is 37.8 Å². The Labute approximate surface area is 283 Å². The summed E-state index contributed by atoms with van der Waals surface area (Å²) in [5, 5.41) is 34.6. The van der Waals surface area contributed by atoms with Crippen LogP contribution in [0.15, 0.2) is 30.3 Å². The number of ether oxygens (including phenoxy) is 3. The molecule has 262 valence electrons. The molecule has 8 atom stereocenters. The highest BCUT2D eigenvalue weighted by atomic mass is 35.5. The highest BCUT2D eigenvalue weighted by Crippen LogP contribution is 2.39. The Hall–Kier alpha value is -0.126. The van der Waals surface area contributed by atoms with Crippen molar-refractivity contribution in [1.29, 1.82) is 0 Å². The number of aliphatic hydroxyl groups excluding tert-OH is 3. The van der Waals surface area contributed by atoms with Gasteiger partial charge in [0.1, 0.15) is 42.7 Å². The maximum absolute atomic E-state index is 10.4. The molecule has 0 aromatic heterocycles. The minimum Gasteiger partial charge on any atom is -0.414 e. The van der Waals surface area contributed by atoms with Crippen molar-refractivity contribution in [2.24, 2.45) is 0 Å². The highest BCUT2D eigenvalue weighted by molar-refractivity contribution is 6.74. The quantitative estimate of drug-likeness (QED) is 0.155. The maximum Gasteiger partial charge on any atom is 0.192 e. The lowest BCUT2D eigenvalue weighted by atomic mass is 9.98. The molecule has 45 heavy (non-hydrogen) atoms. The van der Waals surface area contributed by atoms with Crippen LogP contribution in [0.2, 0.25) is 36.3 Å². The molecule has 9 nitrogen and oxygen atoms in total. The summed E-state index contributed by atoms with van der Waals surface area (Å²) >= 11 is 9.53. The van der Waals surface area contributed by atoms with Crippen LogP contribution in [0.3, 0.4) is 0 Å². The van der Waals surface area contributed by atoms with Gasteiger partial charge < -0.3 is 43.7 Å². The largest absolute Gasteiger partial charge is 0.414 e. The molecule has 13 heteroatoms. The first kappa shape index (κ1) is 41.0. The Morgan fingerprint density at radius 1 is 0.778 bits per heavy atom. The van der Waals surface area contributed by atoms with E-state index in [2.05, 4.69) is 73.0 Å². The molecule has 1 aromatic rings. The zero-order chi connectivity index (χ0) is 34.2. The molecule has 1 aromatic carbocycles. The average Bonchev–Trinajstić information content (AvgIpc) is 3.74. The molecule has 4 rings (SSSR count). The predicted octanol–water partition coefficient (Wildman–Crippen LogP) is 5.24. The SMILES string of the molecule is CC(C)(C)[Si](C)(C)OC[C@@H]1OC[C@@H](NCc2ccccc2)[C@H](O)[C@@H]1O.CC(C)(C)[Si](C)(C)OC[C@@H]1OC[C@@H]2O[C@@H]2[C@@H]1O.ClCCl. The number of hydrogen-bond donors (Lipinski definition) is 4. The fourth-order valence-corrected chi connectivity index (χ4v) is 6.36. The van der Waals surface area contributed by atoms with E-state index in [0.29, 0.717) is 33.0 Å². The van der Waals surface area contributed by atoms with Crippen molar-refractivity contribution in [2.75, 3.05) is 31.8 Å². The van der Waals surface area contributed by atoms with Crippen molar-refractivity contribution < 1.29 is 38.4 Å². The fraction of sp³-hybridized carbons (Fsp3) is 0.812. The molecule has 0 saturated carbocycles. The van der Waals surface area contributed by atoms with Gasteiger partial charge in [-0.25, -0.2) is 0 Å². The second kappa shape index (κ2) is 17.5. The zero-order valence-electron chi connectivity index (χ0n) is 28.9. The summed E-state index contributed by atoms with van der Waals surface area (Å²) in [6, 6.07) is 9.69. The van der Waals surface area contributed by atoms with E-state index in [0.717, 1.165) is 5.56 Å². The lowest BCUT2D eigenvalue weighted by Gasteiger charge is -2.41. The van der Waals surface area contributed by atoms with E-state index in [9.17, 15) is 15.3 Å². The number of epoxide rings is 1. The molecule has 0 bridgehead atoms. The number of nitrogens with one attached hydrogen (secondary N) is 1. The minimum absolute atomic E-state index is 0.0169. The van der Waals surface area contributed by atoms with Gasteiger partial charge in [0.2, 0.25) is 0 Å². The van der Waals surface area contributed by atoms with Crippen LogP contribution in [0.1, 0.15) is 47.1 Å². The van der Waals surface area contributed by atoms with Crippen molar-refractivity contribution in [3.63, 3.8) is 0 Å². The van der Waals surface area contributed by atoms with E-state index in [1.54, 1.807) is 0 Å². The van der Waals surface area contributed by atoms with Gasteiger partial charge in [-0.3, -0.25) is 0 Å². The first-order valence-electron chi connectivity index (χ1n) is 15.9. The lowest BCUT2D eigenvalue weighted by Crippen LogP contribution is -2.59. The third kappa shape index (κ3) is 12.4. The van der Waals surface area contributed by atoms with Crippen LogP contribution in [0.4, 0.5) is 0 Å². The van der Waals surface area contributed by atoms with Crippen molar-refractivity contribution in [1.82, 2.24) is 5.32 Å². The third-order valence-corrected chi connectivity index (χ3v) is 18.7. The van der Waals surface area contributed by atoms with Crippen LogP contribution in [0, 0.1) is 0 Å². The van der Waals surface area contributed by atoms with Gasteiger partial charge in [-0.1, -0.05) is 71.9 Å². The molecule has 0 unspecified atom stereocenters. The Morgan fingerprint density at radius 2 is 1.24 bits per heavy atom. The standard InChI is InChI=1S/C19H33NO4Si.C12H24O4Si.CH2Cl2/c1-19(2,3)25(4,5)24-13-16-18(22)17(21)15(12-23-16)20-11-14-9-7-6-8-10-14;1-12(2,3)17(4,5)15-7-8-10(13)11-9(16-11)6-14-8;2-1-3/h6-10,15-18,20-22H,11-13H2,1-5H3;8-11,13H,6-7H2,1-5H3;1H2/t15-,16+,17+,18-;8-,9-,10+,11-;/m10./s1. The molecule has 0 amide bonds. The molecule has 3 fully saturated rings. The Kier molecular flexibility index (Phi) is 16.0. The monoisotopic (exact) mass is 711 g/mol. The van der Waals surface area contributed by atoms with E-state index in [-0.39, 0.29) is 39.8 Å². The van der Waals surface area contributed by atoms with Crippen molar-refractivity contribution in [3.8, 4) is 0 Å². The van der Waals surface area contributed by atoms with Crippen LogP contribution in [0.5, 0.6) is 0 Å². The first-order valence-corrected chi connectivity index (χ1v) is 22.7. The predicted molar refractivity (Wildman–Crippen MR) is 186 cm³/mol. The van der Waals surface area contributed by atoms with E-state index in [1.165, 1.54) is 0 Å². The summed E-state index contributed by atoms with van der Waals surface area (Å²) in [6.45, 7) is 24.3. The minimum atomic E-state index is -1.91. The van der Waals surface area contributed by atoms with Crippen LogP contribution in [-0.2, 0) is 29.6 Å². The number of fused-ring (bicyclic) bond motifs is 1. The summed E-state index contributed by atoms with van der Waals surface area (Å²) in [7, 11) is -3.66. The van der Waals surface area contributed by atoms with Crippen molar-refractivity contribution in [2.45, 2.75) is 133 Å². The van der Waals surface area contributed by atoms with Gasteiger partial charge in [-0.2, -0.15) is 0 Å². The molecule has 0 aliphatic carbocycles. The lowest BCUT2D eigenvalue weighted by molar-refractivity contribution is -0.160. The van der Waals surface area contributed by atoms with Crippen molar-refractivity contribution >= 4 is 39.8 Å². The molecule has 3 saturated heterocycles. The van der Waals surface area contributed by atoms with Gasteiger partial charge in [-0.15, -0.1) is 23.2 Å². The van der Waals surface area contributed by atoms with Crippen LogP contribution in [-0.4, -0.2) is 112 Å². The molecule has 3 aliphatic heterocycles. The molecular weight excluding hydrogens is 653 g/mol. The number of halogens is 2. The number of hydrogen-bond acceptors (Lipinski definition) is 9. The normalized spacial score (nSPS) is 30.3. The molecule has 3 aliphatic rings. The molecule has 3 heterocycles. The van der Waals surface area contributed by atoms with Crippen LogP contribution in [0.25, 0.3) is 0 Å². The van der Waals surface area contributed by atoms with Gasteiger partial charge in [0.25, 0.3) is 0 Å². The topological polar surface area (TPSA) is 122 Å². The Morgan fingerprint density at radius 3 is 1.73 bits per heavy atom. The Bertz CT molecular complexity index is 996. The van der Waals surface area contributed by atoms with E-state index in [4.69, 9.17) is 46.3 Å². The summed E-state index contributed by atoms with van der Waals surface area (Å²) in [5.41, 5.74) is 1.13. The Balaban J connectivity index is 0.000000305. The van der Waals surface area contributed by atoms with Gasteiger partial charge in [0.15, 0.2) is 16.6 Å². The average molecular weight is 713 g/mol. The number of rotatable bonds is 9. The second-order valence-corrected chi connectivity index (χ2v) is 25.5. The molecular formula is C32H59Cl2NO8Si2. The van der Waals surface area contributed by atoms with Gasteiger partial charge >= 0.3 is 0 Å². The van der Waals surface area contributed by atoms with Crippen LogP contribution >= 0.6 is 23.2 Å². The van der Waals surface area contributed by atoms with E-state index < -0.39 is 41.1 Å². The molecule has 4 N–H and O–H groups in total. The van der Waals surface area contributed by atoms with E-state index in [1.807, 2.05) is 30.3 Å². The smallest absolute Gasteiger partial charge is 0.192 e. The number of aliphatic hydroxyl groups is 3. The summed E-state index contributed by atoms with van der Waals surface area (Å²) < 4.78 is 28.9. The number of alkyl halides is 2. The highest BCUT2D eigenvalue weighted by Gasteiger charge is 2.52.